The highest BCUT2D eigenvalue weighted by atomic mass is 32.1. The Hall–Kier alpha value is -3.12. The molecule has 0 aromatic heterocycles. The number of carboxylic acid groups (broad SMARTS) is 2. The molecule has 0 heterocycles. The van der Waals surface area contributed by atoms with E-state index >= 15 is 0 Å². The molecule has 0 aliphatic rings. The zero-order valence-electron chi connectivity index (χ0n) is 16.8. The summed E-state index contributed by atoms with van der Waals surface area (Å²) >= 11 is 3.82. The molecule has 0 saturated carbocycles. The van der Waals surface area contributed by atoms with Crippen LogP contribution in [0.4, 0.5) is 0 Å². The van der Waals surface area contributed by atoms with Crippen molar-refractivity contribution in [2.24, 2.45) is 5.73 Å². The molecule has 0 spiro atoms. The monoisotopic (exact) mass is 454 g/mol. The summed E-state index contributed by atoms with van der Waals surface area (Å²) in [6, 6.07) is 3.91. The number of carboxylic acids is 2. The molecule has 1 aromatic rings. The number of carbonyl (C=O) groups excluding carboxylic acids is 3. The first-order chi connectivity index (χ1) is 14.5. The van der Waals surface area contributed by atoms with Crippen molar-refractivity contribution in [2.75, 3.05) is 5.75 Å². The molecule has 4 atom stereocenters. The fraction of sp³-hybridized carbons (Fsp3) is 0.421. The lowest BCUT2D eigenvalue weighted by Crippen LogP contribution is -2.57. The van der Waals surface area contributed by atoms with Crippen molar-refractivity contribution in [1.82, 2.24) is 16.0 Å². The number of nitrogens with two attached hydrogens (primary N) is 1. The number of carbonyl (C=O) groups is 5. The van der Waals surface area contributed by atoms with E-state index in [1.54, 1.807) is 30.3 Å². The van der Waals surface area contributed by atoms with Crippen LogP contribution < -0.4 is 21.7 Å². The Balaban J connectivity index is 2.75. The topological polar surface area (TPSA) is 188 Å². The summed E-state index contributed by atoms with van der Waals surface area (Å²) in [5, 5.41) is 24.7. The number of aliphatic carboxylic acids is 2. The number of hydrogen-bond acceptors (Lipinski definition) is 7. The van der Waals surface area contributed by atoms with E-state index in [2.05, 4.69) is 28.6 Å². The van der Waals surface area contributed by atoms with Crippen molar-refractivity contribution >= 4 is 42.3 Å². The Morgan fingerprint density at radius 1 is 0.935 bits per heavy atom. The summed E-state index contributed by atoms with van der Waals surface area (Å²) in [6.45, 7) is 1.28. The number of hydrogen-bond donors (Lipinski definition) is 7. The van der Waals surface area contributed by atoms with Crippen LogP contribution in [0.15, 0.2) is 30.3 Å². The highest BCUT2D eigenvalue weighted by molar-refractivity contribution is 7.80. The lowest BCUT2D eigenvalue weighted by atomic mass is 10.1. The van der Waals surface area contributed by atoms with Crippen molar-refractivity contribution in [2.45, 2.75) is 43.9 Å². The van der Waals surface area contributed by atoms with Gasteiger partial charge in [-0.3, -0.25) is 19.2 Å². The van der Waals surface area contributed by atoms with E-state index in [9.17, 15) is 24.0 Å². The molecule has 1 aromatic carbocycles. The highest BCUT2D eigenvalue weighted by Gasteiger charge is 2.29. The summed E-state index contributed by atoms with van der Waals surface area (Å²) in [7, 11) is 0. The van der Waals surface area contributed by atoms with Gasteiger partial charge < -0.3 is 31.9 Å². The zero-order valence-corrected chi connectivity index (χ0v) is 17.7. The molecule has 0 bridgehead atoms. The summed E-state index contributed by atoms with van der Waals surface area (Å²) in [4.78, 5) is 59.0. The minimum atomic E-state index is -1.48. The first kappa shape index (κ1) is 25.9. The number of nitrogens with one attached hydrogen (secondary N) is 3. The minimum Gasteiger partial charge on any atom is -0.481 e. The maximum absolute atomic E-state index is 12.5. The van der Waals surface area contributed by atoms with Gasteiger partial charge in [-0.15, -0.1) is 0 Å². The van der Waals surface area contributed by atoms with Crippen LogP contribution in [0.3, 0.4) is 0 Å². The summed E-state index contributed by atoms with van der Waals surface area (Å²) in [6.07, 6.45) is -0.564. The molecular formula is C19H26N4O7S. The van der Waals surface area contributed by atoms with E-state index in [4.69, 9.17) is 15.9 Å². The number of rotatable bonds is 12. The van der Waals surface area contributed by atoms with Gasteiger partial charge in [0.25, 0.3) is 0 Å². The molecule has 4 unspecified atom stereocenters. The second-order valence-corrected chi connectivity index (χ2v) is 7.13. The van der Waals surface area contributed by atoms with Gasteiger partial charge in [0.1, 0.15) is 18.1 Å². The van der Waals surface area contributed by atoms with Crippen LogP contribution >= 0.6 is 12.6 Å². The molecule has 0 aliphatic heterocycles. The average molecular weight is 455 g/mol. The maximum atomic E-state index is 12.5. The molecule has 170 valence electrons. The lowest BCUT2D eigenvalue weighted by Gasteiger charge is -2.22. The van der Waals surface area contributed by atoms with Crippen LogP contribution in [0.1, 0.15) is 18.9 Å². The predicted octanol–water partition coefficient (Wildman–Crippen LogP) is -1.48. The summed E-state index contributed by atoms with van der Waals surface area (Å²) in [5.41, 5.74) is 6.64. The van der Waals surface area contributed by atoms with Crippen molar-refractivity contribution in [1.29, 1.82) is 0 Å². The van der Waals surface area contributed by atoms with Gasteiger partial charge in [-0.2, -0.15) is 12.6 Å². The zero-order chi connectivity index (χ0) is 23.6. The Labute approximate surface area is 184 Å². The fourth-order valence-corrected chi connectivity index (χ4v) is 2.73. The van der Waals surface area contributed by atoms with E-state index in [1.165, 1.54) is 6.92 Å². The second kappa shape index (κ2) is 12.5. The van der Waals surface area contributed by atoms with Gasteiger partial charge in [-0.25, -0.2) is 4.79 Å². The summed E-state index contributed by atoms with van der Waals surface area (Å²) < 4.78 is 0. The molecule has 11 nitrogen and oxygen atoms in total. The first-order valence-corrected chi connectivity index (χ1v) is 9.94. The molecule has 7 N–H and O–H groups in total. The van der Waals surface area contributed by atoms with Crippen LogP contribution in [0.2, 0.25) is 0 Å². The van der Waals surface area contributed by atoms with E-state index in [0.717, 1.165) is 5.56 Å². The average Bonchev–Trinajstić information content (AvgIpc) is 2.71. The van der Waals surface area contributed by atoms with Gasteiger partial charge in [-0.05, 0) is 18.9 Å². The SMILES string of the molecule is CC(NC(=O)C(CC(=O)O)NC(=O)C(N)Cc1ccccc1)C(=O)NC(CS)C(=O)O. The third-order valence-electron chi connectivity index (χ3n) is 4.20. The number of thiol groups is 1. The molecule has 0 radical (unpaired) electrons. The molecule has 0 aliphatic carbocycles. The minimum absolute atomic E-state index is 0.168. The Kier molecular flexibility index (Phi) is 10.5. The van der Waals surface area contributed by atoms with Crippen molar-refractivity contribution in [3.8, 4) is 0 Å². The van der Waals surface area contributed by atoms with Crippen LogP contribution in [0.25, 0.3) is 0 Å². The largest absolute Gasteiger partial charge is 0.481 e. The molecule has 1 rings (SSSR count). The quantitative estimate of drug-likeness (QED) is 0.186. The van der Waals surface area contributed by atoms with Crippen LogP contribution in [0, 0.1) is 0 Å². The highest BCUT2D eigenvalue weighted by Crippen LogP contribution is 2.03. The maximum Gasteiger partial charge on any atom is 0.327 e. The van der Waals surface area contributed by atoms with Crippen LogP contribution in [-0.2, 0) is 30.4 Å². The lowest BCUT2D eigenvalue weighted by molar-refractivity contribution is -0.142. The molecule has 3 amide bonds. The van der Waals surface area contributed by atoms with Gasteiger partial charge in [0.05, 0.1) is 12.5 Å². The van der Waals surface area contributed by atoms with Crippen LogP contribution in [0.5, 0.6) is 0 Å². The van der Waals surface area contributed by atoms with Gasteiger partial charge in [-0.1, -0.05) is 30.3 Å². The molecule has 12 heteroatoms. The second-order valence-electron chi connectivity index (χ2n) is 6.77. The Morgan fingerprint density at radius 2 is 1.52 bits per heavy atom. The number of benzene rings is 1. The smallest absolute Gasteiger partial charge is 0.327 e. The van der Waals surface area contributed by atoms with E-state index < -0.39 is 60.2 Å². The molecular weight excluding hydrogens is 428 g/mol. The standard InChI is InChI=1S/C19H26N4O7S/c1-10(16(26)23-14(9-31)19(29)30)21-18(28)13(8-15(24)25)22-17(27)12(20)7-11-5-3-2-4-6-11/h2-6,10,12-14,31H,7-9,20H2,1H3,(H,21,28)(H,22,27)(H,23,26)(H,24,25)(H,29,30). The summed E-state index contributed by atoms with van der Waals surface area (Å²) in [5.74, 6) is -5.29. The van der Waals surface area contributed by atoms with Gasteiger partial charge in [0.15, 0.2) is 0 Å². The normalized spacial score (nSPS) is 14.4. The third kappa shape index (κ3) is 9.05. The van der Waals surface area contributed by atoms with E-state index in [1.807, 2.05) is 0 Å². The number of amides is 3. The van der Waals surface area contributed by atoms with E-state index in [-0.39, 0.29) is 12.2 Å². The van der Waals surface area contributed by atoms with Gasteiger partial charge in [0.2, 0.25) is 17.7 Å². The van der Waals surface area contributed by atoms with Crippen molar-refractivity contribution in [3.63, 3.8) is 0 Å². The molecule has 0 saturated heterocycles. The fourth-order valence-electron chi connectivity index (χ4n) is 2.49. The Morgan fingerprint density at radius 3 is 2.03 bits per heavy atom. The van der Waals surface area contributed by atoms with Crippen LogP contribution in [-0.4, -0.2) is 69.8 Å². The third-order valence-corrected chi connectivity index (χ3v) is 4.56. The molecule has 0 fully saturated rings. The van der Waals surface area contributed by atoms with Gasteiger partial charge >= 0.3 is 11.9 Å². The Bertz CT molecular complexity index is 806. The molecule has 31 heavy (non-hydrogen) atoms. The van der Waals surface area contributed by atoms with E-state index in [0.29, 0.717) is 0 Å². The first-order valence-electron chi connectivity index (χ1n) is 9.31. The predicted molar refractivity (Wildman–Crippen MR) is 113 cm³/mol. The van der Waals surface area contributed by atoms with Crippen molar-refractivity contribution < 1.29 is 34.2 Å². The van der Waals surface area contributed by atoms with Crippen molar-refractivity contribution in [3.05, 3.63) is 35.9 Å². The van der Waals surface area contributed by atoms with Gasteiger partial charge in [0, 0.05) is 5.75 Å².